The number of hydrogen-bond donors (Lipinski definition) is 1. The van der Waals surface area contributed by atoms with E-state index < -0.39 is 0 Å². The topological polar surface area (TPSA) is 72.4 Å². The predicted octanol–water partition coefficient (Wildman–Crippen LogP) is 2.17. The fourth-order valence-corrected chi connectivity index (χ4v) is 2.00. The van der Waals surface area contributed by atoms with Crippen molar-refractivity contribution >= 4 is 23.2 Å². The Morgan fingerprint density at radius 1 is 1.33 bits per heavy atom. The van der Waals surface area contributed by atoms with Crippen molar-refractivity contribution < 1.29 is 9.21 Å². The van der Waals surface area contributed by atoms with E-state index in [0.29, 0.717) is 18.7 Å². The normalized spacial score (nSPS) is 11.2. The number of para-hydroxylation sites is 2. The Labute approximate surface area is 121 Å². The number of carbonyl (C=O) groups excluding carboxylic acids is 1. The number of furan rings is 1. The number of imidazole rings is 1. The molecule has 0 fully saturated rings. The van der Waals surface area contributed by atoms with Crippen LogP contribution in [0.3, 0.4) is 0 Å². The van der Waals surface area contributed by atoms with Crippen LogP contribution < -0.4 is 5.43 Å². The Morgan fingerprint density at radius 2 is 2.24 bits per heavy atom. The lowest BCUT2D eigenvalue weighted by molar-refractivity contribution is -0.121. The average molecular weight is 282 g/mol. The zero-order chi connectivity index (χ0) is 14.5. The molecule has 0 aliphatic heterocycles. The van der Waals surface area contributed by atoms with Crippen LogP contribution in [0, 0.1) is 0 Å². The molecule has 0 aliphatic carbocycles. The van der Waals surface area contributed by atoms with Gasteiger partial charge < -0.3 is 8.98 Å². The maximum atomic E-state index is 11.7. The number of hydrazone groups is 1. The molecule has 6 heteroatoms. The third-order valence-corrected chi connectivity index (χ3v) is 3.03. The molecule has 21 heavy (non-hydrogen) atoms. The van der Waals surface area contributed by atoms with Crippen molar-refractivity contribution in [1.82, 2.24) is 15.0 Å². The number of nitrogens with zero attached hydrogens (tertiary/aromatic N) is 3. The van der Waals surface area contributed by atoms with Crippen LogP contribution in [-0.4, -0.2) is 21.7 Å². The van der Waals surface area contributed by atoms with Gasteiger partial charge in [0.1, 0.15) is 5.76 Å². The summed E-state index contributed by atoms with van der Waals surface area (Å²) in [6.07, 6.45) is 5.08. The quantitative estimate of drug-likeness (QED) is 0.576. The lowest BCUT2D eigenvalue weighted by Gasteiger charge is -2.03. The van der Waals surface area contributed by atoms with Gasteiger partial charge in [0.15, 0.2) is 0 Å². The van der Waals surface area contributed by atoms with E-state index >= 15 is 0 Å². The molecule has 1 amide bonds. The van der Waals surface area contributed by atoms with Gasteiger partial charge in [0.05, 0.1) is 29.8 Å². The average Bonchev–Trinajstić information content (AvgIpc) is 3.14. The van der Waals surface area contributed by atoms with E-state index in [2.05, 4.69) is 15.5 Å². The molecular formula is C15H14N4O2. The molecule has 0 atom stereocenters. The van der Waals surface area contributed by atoms with Gasteiger partial charge in [0, 0.05) is 13.0 Å². The van der Waals surface area contributed by atoms with Crippen molar-refractivity contribution in [3.63, 3.8) is 0 Å². The van der Waals surface area contributed by atoms with Gasteiger partial charge >= 0.3 is 0 Å². The fourth-order valence-electron chi connectivity index (χ4n) is 2.00. The molecule has 2 heterocycles. The van der Waals surface area contributed by atoms with Crippen LogP contribution in [0.15, 0.2) is 58.5 Å². The number of carbonyl (C=O) groups is 1. The van der Waals surface area contributed by atoms with Crippen molar-refractivity contribution in [1.29, 1.82) is 0 Å². The van der Waals surface area contributed by atoms with E-state index in [4.69, 9.17) is 4.42 Å². The van der Waals surface area contributed by atoms with E-state index in [0.717, 1.165) is 11.0 Å². The summed E-state index contributed by atoms with van der Waals surface area (Å²) < 4.78 is 7.02. The van der Waals surface area contributed by atoms with E-state index in [9.17, 15) is 4.79 Å². The maximum Gasteiger partial charge on any atom is 0.241 e. The minimum Gasteiger partial charge on any atom is -0.463 e. The molecule has 106 valence electrons. The van der Waals surface area contributed by atoms with Crippen LogP contribution in [0.25, 0.3) is 11.0 Å². The molecule has 0 saturated heterocycles. The molecule has 0 aliphatic rings. The van der Waals surface area contributed by atoms with Crippen molar-refractivity contribution in [2.45, 2.75) is 13.0 Å². The summed E-state index contributed by atoms with van der Waals surface area (Å²) in [7, 11) is 0. The van der Waals surface area contributed by atoms with E-state index in [1.165, 1.54) is 6.21 Å². The molecule has 1 N–H and O–H groups in total. The first-order valence-electron chi connectivity index (χ1n) is 6.58. The molecule has 0 bridgehead atoms. The number of nitrogens with one attached hydrogen (secondary N) is 1. The van der Waals surface area contributed by atoms with Crippen molar-refractivity contribution in [3.05, 3.63) is 54.7 Å². The summed E-state index contributed by atoms with van der Waals surface area (Å²) in [6, 6.07) is 11.3. The van der Waals surface area contributed by atoms with Gasteiger partial charge in [-0.3, -0.25) is 4.79 Å². The summed E-state index contributed by atoms with van der Waals surface area (Å²) in [5.74, 6) is 0.437. The summed E-state index contributed by atoms with van der Waals surface area (Å²) in [6.45, 7) is 0.558. The van der Waals surface area contributed by atoms with Crippen LogP contribution in [0.1, 0.15) is 12.2 Å². The summed E-state index contributed by atoms with van der Waals surface area (Å²) in [4.78, 5) is 16.0. The number of aryl methyl sites for hydroxylation is 1. The molecule has 6 nitrogen and oxygen atoms in total. The Morgan fingerprint density at radius 3 is 3.10 bits per heavy atom. The van der Waals surface area contributed by atoms with Crippen LogP contribution >= 0.6 is 0 Å². The Hall–Kier alpha value is -2.89. The van der Waals surface area contributed by atoms with Crippen LogP contribution in [0.5, 0.6) is 0 Å². The van der Waals surface area contributed by atoms with Gasteiger partial charge in [-0.25, -0.2) is 10.4 Å². The number of rotatable bonds is 5. The highest BCUT2D eigenvalue weighted by atomic mass is 16.3. The molecule has 0 saturated carbocycles. The van der Waals surface area contributed by atoms with Gasteiger partial charge in [-0.1, -0.05) is 12.1 Å². The van der Waals surface area contributed by atoms with Gasteiger partial charge in [-0.15, -0.1) is 0 Å². The minimum atomic E-state index is -0.157. The van der Waals surface area contributed by atoms with Crippen molar-refractivity contribution in [2.24, 2.45) is 5.10 Å². The second-order valence-electron chi connectivity index (χ2n) is 4.49. The maximum absolute atomic E-state index is 11.7. The van der Waals surface area contributed by atoms with Gasteiger partial charge in [0.2, 0.25) is 5.91 Å². The highest BCUT2D eigenvalue weighted by molar-refractivity contribution is 5.80. The molecule has 1 aromatic carbocycles. The van der Waals surface area contributed by atoms with Gasteiger partial charge in [0.25, 0.3) is 0 Å². The molecule has 3 rings (SSSR count). The summed E-state index contributed by atoms with van der Waals surface area (Å²) in [5.41, 5.74) is 4.41. The van der Waals surface area contributed by atoms with Crippen molar-refractivity contribution in [2.75, 3.05) is 0 Å². The first-order chi connectivity index (χ1) is 10.3. The molecule has 2 aromatic heterocycles. The lowest BCUT2D eigenvalue weighted by atomic mass is 10.3. The first-order valence-corrected chi connectivity index (χ1v) is 6.58. The smallest absolute Gasteiger partial charge is 0.241 e. The second-order valence-corrected chi connectivity index (χ2v) is 4.49. The number of aromatic nitrogens is 2. The van der Waals surface area contributed by atoms with Gasteiger partial charge in [-0.05, 0) is 24.3 Å². The van der Waals surface area contributed by atoms with E-state index in [1.54, 1.807) is 24.7 Å². The molecular weight excluding hydrogens is 268 g/mol. The van der Waals surface area contributed by atoms with Gasteiger partial charge in [-0.2, -0.15) is 5.10 Å². The monoisotopic (exact) mass is 282 g/mol. The number of fused-ring (bicyclic) bond motifs is 1. The molecule has 0 radical (unpaired) electrons. The Kier molecular flexibility index (Phi) is 3.77. The number of amides is 1. The first kappa shape index (κ1) is 13.1. The highest BCUT2D eigenvalue weighted by Gasteiger charge is 2.04. The number of benzene rings is 1. The van der Waals surface area contributed by atoms with Crippen LogP contribution in [0.4, 0.5) is 0 Å². The van der Waals surface area contributed by atoms with Crippen molar-refractivity contribution in [3.8, 4) is 0 Å². The molecule has 0 unspecified atom stereocenters. The molecule has 3 aromatic rings. The third-order valence-electron chi connectivity index (χ3n) is 3.03. The second kappa shape index (κ2) is 6.04. The predicted molar refractivity (Wildman–Crippen MR) is 78.8 cm³/mol. The van der Waals surface area contributed by atoms with Crippen LogP contribution in [-0.2, 0) is 11.3 Å². The lowest BCUT2D eigenvalue weighted by Crippen LogP contribution is -2.19. The zero-order valence-electron chi connectivity index (χ0n) is 11.3. The highest BCUT2D eigenvalue weighted by Crippen LogP contribution is 2.11. The number of hydrogen-bond acceptors (Lipinski definition) is 4. The molecule has 0 spiro atoms. The zero-order valence-corrected chi connectivity index (χ0v) is 11.3. The minimum absolute atomic E-state index is 0.157. The summed E-state index contributed by atoms with van der Waals surface area (Å²) in [5, 5.41) is 3.83. The van der Waals surface area contributed by atoms with E-state index in [1.807, 2.05) is 28.8 Å². The SMILES string of the molecule is O=C(CCn1cnc2ccccc21)NN=Cc1ccco1. The Balaban J connectivity index is 1.54. The summed E-state index contributed by atoms with van der Waals surface area (Å²) >= 11 is 0. The Bertz CT molecular complexity index is 759. The van der Waals surface area contributed by atoms with Crippen LogP contribution in [0.2, 0.25) is 0 Å². The largest absolute Gasteiger partial charge is 0.463 e. The standard InChI is InChI=1S/C15H14N4O2/c20-15(18-17-10-12-4-3-9-21-12)7-8-19-11-16-13-5-1-2-6-14(13)19/h1-6,9-11H,7-8H2,(H,18,20). The van der Waals surface area contributed by atoms with E-state index in [-0.39, 0.29) is 5.91 Å². The third kappa shape index (κ3) is 3.17. The fraction of sp³-hybridized carbons (Fsp3) is 0.133.